The van der Waals surface area contributed by atoms with Crippen LogP contribution in [0.15, 0.2) is 47.1 Å². The fraction of sp³-hybridized carbons (Fsp3) is 0.133. The van der Waals surface area contributed by atoms with E-state index in [0.717, 1.165) is 22.6 Å². The second-order valence-electron chi connectivity index (χ2n) is 4.08. The average molecular weight is 255 g/mol. The van der Waals surface area contributed by atoms with Crippen molar-refractivity contribution in [3.05, 3.63) is 42.7 Å². The van der Waals surface area contributed by atoms with Crippen molar-refractivity contribution in [3.8, 4) is 34.2 Å². The van der Waals surface area contributed by atoms with Gasteiger partial charge in [0.2, 0.25) is 5.88 Å². The molecule has 3 rings (SSSR count). The Balaban J connectivity index is 2.16. The summed E-state index contributed by atoms with van der Waals surface area (Å²) in [7, 11) is 3.20. The van der Waals surface area contributed by atoms with Gasteiger partial charge in [0.15, 0.2) is 0 Å². The lowest BCUT2D eigenvalue weighted by atomic mass is 10.1. The first-order chi connectivity index (χ1) is 9.31. The van der Waals surface area contributed by atoms with Crippen LogP contribution in [0.1, 0.15) is 0 Å². The Hall–Kier alpha value is -2.49. The molecule has 4 nitrogen and oxygen atoms in total. The molecule has 2 aliphatic rings. The van der Waals surface area contributed by atoms with Crippen molar-refractivity contribution in [1.29, 1.82) is 0 Å². The van der Waals surface area contributed by atoms with Crippen LogP contribution in [0.3, 0.4) is 0 Å². The van der Waals surface area contributed by atoms with E-state index >= 15 is 0 Å². The van der Waals surface area contributed by atoms with E-state index in [4.69, 9.17) is 13.9 Å². The molecule has 2 heterocycles. The lowest BCUT2D eigenvalue weighted by Crippen LogP contribution is -1.93. The zero-order chi connectivity index (χ0) is 13.2. The van der Waals surface area contributed by atoms with Crippen LogP contribution < -0.4 is 9.47 Å². The highest BCUT2D eigenvalue weighted by Crippen LogP contribution is 2.36. The van der Waals surface area contributed by atoms with E-state index in [-0.39, 0.29) is 0 Å². The van der Waals surface area contributed by atoms with E-state index in [1.165, 1.54) is 0 Å². The molecule has 0 bridgehead atoms. The van der Waals surface area contributed by atoms with Gasteiger partial charge < -0.3 is 13.9 Å². The van der Waals surface area contributed by atoms with Gasteiger partial charge in [-0.05, 0) is 18.2 Å². The molecular formula is C15H13NO3. The zero-order valence-electron chi connectivity index (χ0n) is 10.7. The third-order valence-electron chi connectivity index (χ3n) is 2.97. The maximum atomic E-state index is 5.56. The predicted molar refractivity (Wildman–Crippen MR) is 71.7 cm³/mol. The summed E-state index contributed by atoms with van der Waals surface area (Å²) in [6, 6.07) is 11.5. The Bertz CT molecular complexity index is 653. The molecule has 0 saturated heterocycles. The van der Waals surface area contributed by atoms with Crippen LogP contribution in [0.5, 0.6) is 11.6 Å². The van der Waals surface area contributed by atoms with Crippen LogP contribution in [0.2, 0.25) is 0 Å². The van der Waals surface area contributed by atoms with Gasteiger partial charge in [-0.3, -0.25) is 0 Å². The minimum absolute atomic E-state index is 0.514. The van der Waals surface area contributed by atoms with Crippen LogP contribution in [0.25, 0.3) is 22.6 Å². The maximum Gasteiger partial charge on any atom is 0.217 e. The van der Waals surface area contributed by atoms with Crippen LogP contribution in [0, 0.1) is 0 Å². The molecule has 1 aliphatic heterocycles. The first kappa shape index (κ1) is 11.6. The summed E-state index contributed by atoms with van der Waals surface area (Å²) in [5.41, 5.74) is 2.73. The average Bonchev–Trinajstić information content (AvgIpc) is 2.90. The maximum absolute atomic E-state index is 5.56. The van der Waals surface area contributed by atoms with Crippen molar-refractivity contribution in [2.45, 2.75) is 0 Å². The van der Waals surface area contributed by atoms with E-state index < -0.39 is 0 Å². The molecule has 0 radical (unpaired) electrons. The Kier molecular flexibility index (Phi) is 2.83. The Morgan fingerprint density at radius 1 is 1.05 bits per heavy atom. The lowest BCUT2D eigenvalue weighted by Gasteiger charge is -2.07. The van der Waals surface area contributed by atoms with E-state index in [9.17, 15) is 0 Å². The first-order valence-electron chi connectivity index (χ1n) is 5.88. The van der Waals surface area contributed by atoms with Crippen LogP contribution >= 0.6 is 0 Å². The van der Waals surface area contributed by atoms with E-state index in [0.29, 0.717) is 11.6 Å². The molecule has 0 fully saturated rings. The van der Waals surface area contributed by atoms with Crippen molar-refractivity contribution in [2.75, 3.05) is 14.2 Å². The monoisotopic (exact) mass is 255 g/mol. The van der Waals surface area contributed by atoms with Crippen LogP contribution in [-0.2, 0) is 0 Å². The number of hydrogen-bond donors (Lipinski definition) is 0. The summed E-state index contributed by atoms with van der Waals surface area (Å²) >= 11 is 0. The van der Waals surface area contributed by atoms with Gasteiger partial charge >= 0.3 is 0 Å². The summed E-state index contributed by atoms with van der Waals surface area (Å²) in [6.07, 6.45) is 1.66. The van der Waals surface area contributed by atoms with E-state index in [1.54, 1.807) is 26.5 Å². The highest BCUT2D eigenvalue weighted by atomic mass is 16.5. The SMILES string of the molecule is COc1cc(OC)nc(-c2ccc3cccoc2-3)c1. The third kappa shape index (κ3) is 2.01. The number of hydrogen-bond acceptors (Lipinski definition) is 4. The molecule has 1 aromatic rings. The summed E-state index contributed by atoms with van der Waals surface area (Å²) in [4.78, 5) is 4.43. The fourth-order valence-electron chi connectivity index (χ4n) is 2.04. The van der Waals surface area contributed by atoms with Crippen molar-refractivity contribution in [3.63, 3.8) is 0 Å². The molecule has 0 aromatic carbocycles. The van der Waals surface area contributed by atoms with Crippen molar-refractivity contribution in [1.82, 2.24) is 4.98 Å². The number of aromatic nitrogens is 1. The van der Waals surface area contributed by atoms with Gasteiger partial charge in [-0.1, -0.05) is 6.07 Å². The molecule has 96 valence electrons. The molecule has 0 N–H and O–H groups in total. The number of rotatable bonds is 3. The second kappa shape index (κ2) is 4.65. The third-order valence-corrected chi connectivity index (χ3v) is 2.97. The minimum Gasteiger partial charge on any atom is -0.496 e. The van der Waals surface area contributed by atoms with Gasteiger partial charge in [0.05, 0.1) is 26.2 Å². The standard InChI is InChI=1S/C15H13NO3/c1-17-11-8-13(16-14(9-11)18-2)12-6-5-10-4-3-7-19-15(10)12/h3-9H,1-2H3. The van der Waals surface area contributed by atoms with E-state index in [2.05, 4.69) is 4.98 Å². The predicted octanol–water partition coefficient (Wildman–Crippen LogP) is 3.46. The number of pyridine rings is 1. The summed E-state index contributed by atoms with van der Waals surface area (Å²) in [6.45, 7) is 0. The van der Waals surface area contributed by atoms with Gasteiger partial charge in [-0.2, -0.15) is 0 Å². The summed E-state index contributed by atoms with van der Waals surface area (Å²) < 4.78 is 16.0. The number of fused-ring (bicyclic) bond motifs is 1. The number of nitrogens with zero attached hydrogens (tertiary/aromatic N) is 1. The van der Waals surface area contributed by atoms with E-state index in [1.807, 2.05) is 30.3 Å². The van der Waals surface area contributed by atoms with Crippen molar-refractivity contribution in [2.24, 2.45) is 0 Å². The molecule has 0 amide bonds. The Labute approximate surface area is 110 Å². The molecule has 0 saturated carbocycles. The van der Waals surface area contributed by atoms with Crippen LogP contribution in [-0.4, -0.2) is 19.2 Å². The lowest BCUT2D eigenvalue weighted by molar-refractivity contribution is 0.383. The van der Waals surface area contributed by atoms with Crippen LogP contribution in [0.4, 0.5) is 0 Å². The second-order valence-corrected chi connectivity index (χ2v) is 4.08. The summed E-state index contributed by atoms with van der Waals surface area (Å²) in [5, 5.41) is 0. The molecule has 0 unspecified atom stereocenters. The summed E-state index contributed by atoms with van der Waals surface area (Å²) in [5.74, 6) is 2.03. The molecular weight excluding hydrogens is 242 g/mol. The largest absolute Gasteiger partial charge is 0.496 e. The number of ether oxygens (including phenoxy) is 2. The van der Waals surface area contributed by atoms with Gasteiger partial charge in [0, 0.05) is 23.3 Å². The van der Waals surface area contributed by atoms with Crippen molar-refractivity contribution >= 4 is 0 Å². The smallest absolute Gasteiger partial charge is 0.217 e. The highest BCUT2D eigenvalue weighted by molar-refractivity contribution is 5.81. The molecule has 0 atom stereocenters. The van der Waals surface area contributed by atoms with Gasteiger partial charge in [0.1, 0.15) is 11.5 Å². The Morgan fingerprint density at radius 3 is 2.74 bits per heavy atom. The molecule has 1 aliphatic carbocycles. The highest BCUT2D eigenvalue weighted by Gasteiger charge is 2.15. The van der Waals surface area contributed by atoms with Gasteiger partial charge in [-0.25, -0.2) is 4.98 Å². The molecule has 19 heavy (non-hydrogen) atoms. The van der Waals surface area contributed by atoms with Gasteiger partial charge in [-0.15, -0.1) is 0 Å². The topological polar surface area (TPSA) is 44.5 Å². The number of methoxy groups -OCH3 is 2. The van der Waals surface area contributed by atoms with Gasteiger partial charge in [0.25, 0.3) is 0 Å². The first-order valence-corrected chi connectivity index (χ1v) is 5.88. The quantitative estimate of drug-likeness (QED) is 0.719. The normalized spacial score (nSPS) is 10.6. The molecule has 0 spiro atoms. The molecule has 1 aromatic heterocycles. The fourth-order valence-corrected chi connectivity index (χ4v) is 2.04. The molecule has 4 heteroatoms. The zero-order valence-corrected chi connectivity index (χ0v) is 10.7. The minimum atomic E-state index is 0.514. The Morgan fingerprint density at radius 2 is 1.95 bits per heavy atom. The van der Waals surface area contributed by atoms with Crippen molar-refractivity contribution < 1.29 is 13.9 Å².